The molecular weight excluding hydrogens is 532 g/mol. The van der Waals surface area contributed by atoms with E-state index in [2.05, 4.69) is 30.6 Å². The second kappa shape index (κ2) is 9.01. The van der Waals surface area contributed by atoms with Crippen LogP contribution in [0.25, 0.3) is 0 Å². The Kier molecular flexibility index (Phi) is 5.52. The molecule has 2 saturated heterocycles. The number of aliphatic hydroxyl groups excluding tert-OH is 2. The number of aromatic nitrogens is 10. The molecule has 7 rings (SSSR count). The van der Waals surface area contributed by atoms with Crippen LogP contribution in [0.1, 0.15) is 35.9 Å². The molecule has 0 amide bonds. The Morgan fingerprint density at radius 3 is 1.55 bits per heavy atom. The summed E-state index contributed by atoms with van der Waals surface area (Å²) in [6.07, 6.45) is -0.244. The number of ether oxygens (including phenoxy) is 2. The van der Waals surface area contributed by atoms with Crippen LogP contribution >= 0.6 is 0 Å². The van der Waals surface area contributed by atoms with Crippen molar-refractivity contribution >= 4 is 0 Å². The zero-order chi connectivity index (χ0) is 27.7. The van der Waals surface area contributed by atoms with E-state index in [1.54, 1.807) is 12.4 Å². The molecule has 208 valence electrons. The minimum Gasteiger partial charge on any atom is -0.386 e. The lowest BCUT2D eigenvalue weighted by Gasteiger charge is -2.21. The van der Waals surface area contributed by atoms with Gasteiger partial charge in [0.1, 0.15) is 24.3 Å². The first-order valence-electron chi connectivity index (χ1n) is 12.4. The SMILES string of the molecule is O=c1ccn([C@@H]2O[C@@H]3Cc4cn(nn4)[C@H]4[C@@H](O)[C@H](n5ccc(=O)[nH]c5=O)O[C@@H]4Cc4cn(nn4)[C@H]3[C@H]2O)c(=O)[nH]1. The maximum Gasteiger partial charge on any atom is 0.330 e. The van der Waals surface area contributed by atoms with Crippen molar-refractivity contribution in [1.82, 2.24) is 49.1 Å². The minimum atomic E-state index is -1.25. The van der Waals surface area contributed by atoms with Gasteiger partial charge in [-0.3, -0.25) is 28.7 Å². The van der Waals surface area contributed by atoms with E-state index in [0.717, 1.165) is 21.3 Å². The Morgan fingerprint density at radius 2 is 1.15 bits per heavy atom. The average Bonchev–Trinajstić information content (AvgIpc) is 3.67. The van der Waals surface area contributed by atoms with Crippen LogP contribution in [0.15, 0.2) is 56.1 Å². The summed E-state index contributed by atoms with van der Waals surface area (Å²) in [5.41, 5.74) is -1.74. The third kappa shape index (κ3) is 3.87. The first-order valence-corrected chi connectivity index (χ1v) is 12.4. The van der Waals surface area contributed by atoms with Gasteiger partial charge in [0.15, 0.2) is 12.5 Å². The van der Waals surface area contributed by atoms with Gasteiger partial charge < -0.3 is 19.7 Å². The van der Waals surface area contributed by atoms with E-state index in [0.29, 0.717) is 11.4 Å². The first kappa shape index (κ1) is 24.5. The summed E-state index contributed by atoms with van der Waals surface area (Å²) in [5, 5.41) is 39.4. The van der Waals surface area contributed by atoms with Gasteiger partial charge in [0.25, 0.3) is 11.1 Å². The third-order valence-electron chi connectivity index (χ3n) is 7.47. The van der Waals surface area contributed by atoms with Crippen molar-refractivity contribution in [3.8, 4) is 0 Å². The van der Waals surface area contributed by atoms with Gasteiger partial charge in [-0.25, -0.2) is 19.0 Å². The number of nitrogens with zero attached hydrogens (tertiary/aromatic N) is 8. The topological polar surface area (TPSA) is 230 Å². The first-order chi connectivity index (χ1) is 19.3. The van der Waals surface area contributed by atoms with Crippen LogP contribution < -0.4 is 22.5 Å². The van der Waals surface area contributed by atoms with Crippen molar-refractivity contribution in [2.75, 3.05) is 0 Å². The van der Waals surface area contributed by atoms with Crippen LogP contribution in [-0.4, -0.2) is 83.7 Å². The molecule has 0 radical (unpaired) electrons. The molecule has 0 saturated carbocycles. The Hall–Kier alpha value is -4.52. The normalized spacial score (nSPS) is 31.2. The van der Waals surface area contributed by atoms with E-state index in [1.807, 2.05) is 0 Å². The lowest BCUT2D eigenvalue weighted by molar-refractivity contribution is -0.0397. The van der Waals surface area contributed by atoms with Crippen molar-refractivity contribution in [2.45, 2.75) is 61.8 Å². The van der Waals surface area contributed by atoms with Gasteiger partial charge in [0.2, 0.25) is 0 Å². The number of fused-ring (bicyclic) bond motifs is 8. The predicted molar refractivity (Wildman–Crippen MR) is 128 cm³/mol. The van der Waals surface area contributed by atoms with Crippen molar-refractivity contribution in [2.24, 2.45) is 0 Å². The Morgan fingerprint density at radius 1 is 0.725 bits per heavy atom. The molecule has 2 fully saturated rings. The van der Waals surface area contributed by atoms with Crippen LogP contribution in [-0.2, 0) is 22.3 Å². The molecule has 0 aliphatic carbocycles. The number of hydrogen-bond acceptors (Lipinski definition) is 12. The highest BCUT2D eigenvalue weighted by atomic mass is 16.5. The van der Waals surface area contributed by atoms with E-state index in [-0.39, 0.29) is 12.8 Å². The highest BCUT2D eigenvalue weighted by molar-refractivity contribution is 5.09. The molecule has 3 aliphatic heterocycles. The maximum atomic E-state index is 12.4. The van der Waals surface area contributed by atoms with E-state index < -0.39 is 71.5 Å². The summed E-state index contributed by atoms with van der Waals surface area (Å²) in [5.74, 6) is 0. The third-order valence-corrected chi connectivity index (χ3v) is 7.47. The van der Waals surface area contributed by atoms with Crippen LogP contribution in [0, 0.1) is 0 Å². The van der Waals surface area contributed by atoms with Crippen LogP contribution in [0.5, 0.6) is 0 Å². The molecule has 0 unspecified atom stereocenters. The standard InChI is InChI=1S/C22H22N10O8/c33-13-1-3-29(21(37)23-13)19-17(35)15-11(39-19)5-9-8-32(28-25-9)16-12(6-10-7-31(15)27-26-10)40-20(18(16)36)30-4-2-14(34)24-22(30)38/h1-4,7-8,11-12,15-20,35-36H,5-6H2,(H,23,33,37)(H,24,34,38)/t11-,12-,15-,16-,17-,18-,19-,20-/m1/s1. The van der Waals surface area contributed by atoms with E-state index in [1.165, 1.54) is 21.8 Å². The monoisotopic (exact) mass is 554 g/mol. The molecule has 8 atom stereocenters. The Bertz CT molecular complexity index is 1690. The summed E-state index contributed by atoms with van der Waals surface area (Å²) in [6.45, 7) is 0. The Balaban J connectivity index is 1.26. The largest absolute Gasteiger partial charge is 0.386 e. The predicted octanol–water partition coefficient (Wildman–Crippen LogP) is -3.63. The summed E-state index contributed by atoms with van der Waals surface area (Å²) in [6, 6.07) is 0.737. The molecule has 3 aliphatic rings. The molecule has 4 aromatic heterocycles. The zero-order valence-electron chi connectivity index (χ0n) is 20.4. The number of H-pyrrole nitrogens is 2. The lowest BCUT2D eigenvalue weighted by atomic mass is 10.0. The van der Waals surface area contributed by atoms with Crippen molar-refractivity contribution in [3.05, 3.63) is 90.0 Å². The fraction of sp³-hybridized carbons (Fsp3) is 0.455. The minimum absolute atomic E-state index is 0.142. The quantitative estimate of drug-likeness (QED) is 0.188. The molecule has 18 nitrogen and oxygen atoms in total. The van der Waals surface area contributed by atoms with Gasteiger partial charge in [0, 0.05) is 49.8 Å². The molecular formula is C22H22N10O8. The zero-order valence-corrected chi connectivity index (χ0v) is 20.4. The lowest BCUT2D eigenvalue weighted by Crippen LogP contribution is -2.36. The molecule has 0 spiro atoms. The summed E-state index contributed by atoms with van der Waals surface area (Å²) in [4.78, 5) is 52.2. The van der Waals surface area contributed by atoms with Crippen LogP contribution in [0.2, 0.25) is 0 Å². The molecule has 4 aromatic rings. The van der Waals surface area contributed by atoms with Crippen molar-refractivity contribution in [3.63, 3.8) is 0 Å². The van der Waals surface area contributed by atoms with E-state index in [9.17, 15) is 29.4 Å². The molecule has 4 N–H and O–H groups in total. The maximum absolute atomic E-state index is 12.4. The van der Waals surface area contributed by atoms with E-state index in [4.69, 9.17) is 9.47 Å². The second-order valence-electron chi connectivity index (χ2n) is 9.92. The number of aromatic amines is 2. The fourth-order valence-electron chi connectivity index (χ4n) is 5.68. The van der Waals surface area contributed by atoms with Gasteiger partial charge >= 0.3 is 11.4 Å². The van der Waals surface area contributed by atoms with Gasteiger partial charge in [-0.15, -0.1) is 10.2 Å². The van der Waals surface area contributed by atoms with Gasteiger partial charge in [-0.1, -0.05) is 10.4 Å². The smallest absolute Gasteiger partial charge is 0.330 e. The number of hydrogen-bond donors (Lipinski definition) is 4. The second-order valence-corrected chi connectivity index (χ2v) is 9.92. The summed E-state index contributed by atoms with van der Waals surface area (Å²) in [7, 11) is 0. The van der Waals surface area contributed by atoms with Crippen LogP contribution in [0.4, 0.5) is 0 Å². The molecule has 0 aromatic carbocycles. The molecule has 40 heavy (non-hydrogen) atoms. The molecule has 4 bridgehead atoms. The highest BCUT2D eigenvalue weighted by Gasteiger charge is 2.50. The number of rotatable bonds is 2. The van der Waals surface area contributed by atoms with Crippen molar-refractivity contribution < 1.29 is 19.7 Å². The fourth-order valence-corrected chi connectivity index (χ4v) is 5.68. The van der Waals surface area contributed by atoms with E-state index >= 15 is 0 Å². The average molecular weight is 554 g/mol. The van der Waals surface area contributed by atoms with Gasteiger partial charge in [-0.05, 0) is 0 Å². The molecule has 18 heteroatoms. The van der Waals surface area contributed by atoms with Gasteiger partial charge in [0.05, 0.1) is 23.6 Å². The van der Waals surface area contributed by atoms with Crippen LogP contribution in [0.3, 0.4) is 0 Å². The molecule has 7 heterocycles. The Labute approximate surface area is 221 Å². The van der Waals surface area contributed by atoms with Gasteiger partial charge in [-0.2, -0.15) is 0 Å². The number of nitrogens with one attached hydrogen (secondary N) is 2. The highest BCUT2D eigenvalue weighted by Crippen LogP contribution is 2.40. The van der Waals surface area contributed by atoms with Crippen molar-refractivity contribution in [1.29, 1.82) is 0 Å². The summed E-state index contributed by atoms with van der Waals surface area (Å²) < 4.78 is 17.3. The summed E-state index contributed by atoms with van der Waals surface area (Å²) >= 11 is 0. The number of aliphatic hydroxyl groups is 2.